The van der Waals surface area contributed by atoms with Crippen molar-refractivity contribution in [1.29, 1.82) is 0 Å². The largest absolute Gasteiger partial charge is 0.392 e. The Bertz CT molecular complexity index is 404. The van der Waals surface area contributed by atoms with E-state index < -0.39 is 6.10 Å². The highest BCUT2D eigenvalue weighted by atomic mass is 16.5. The van der Waals surface area contributed by atoms with E-state index in [1.165, 1.54) is 0 Å². The number of nitrogens with zero attached hydrogens (tertiary/aromatic N) is 2. The molecule has 1 aromatic heterocycles. The summed E-state index contributed by atoms with van der Waals surface area (Å²) in [6.07, 6.45) is 1.10. The van der Waals surface area contributed by atoms with Crippen molar-refractivity contribution in [3.63, 3.8) is 0 Å². The van der Waals surface area contributed by atoms with E-state index in [2.05, 4.69) is 24.0 Å². The van der Waals surface area contributed by atoms with Gasteiger partial charge in [-0.05, 0) is 17.3 Å². The number of aromatic nitrogens is 2. The molecule has 0 aliphatic heterocycles. The molecule has 17 heavy (non-hydrogen) atoms. The highest BCUT2D eigenvalue weighted by Crippen LogP contribution is 2.57. The summed E-state index contributed by atoms with van der Waals surface area (Å²) in [7, 11) is 0. The third kappa shape index (κ3) is 2.68. The van der Waals surface area contributed by atoms with Crippen LogP contribution in [0.15, 0.2) is 4.52 Å². The van der Waals surface area contributed by atoms with Gasteiger partial charge in [-0.25, -0.2) is 0 Å². The average Bonchev–Trinajstić information content (AvgIpc) is 2.60. The minimum Gasteiger partial charge on any atom is -0.392 e. The Kier molecular flexibility index (Phi) is 2.81. The Morgan fingerprint density at radius 2 is 2.06 bits per heavy atom. The number of hydrogen-bond donors (Lipinski definition) is 1. The highest BCUT2D eigenvalue weighted by Gasteiger charge is 2.49. The van der Waals surface area contributed by atoms with Crippen LogP contribution in [0.25, 0.3) is 0 Å². The summed E-state index contributed by atoms with van der Waals surface area (Å²) < 4.78 is 5.20. The van der Waals surface area contributed by atoms with Crippen molar-refractivity contribution in [2.75, 3.05) is 0 Å². The second-order valence-corrected chi connectivity index (χ2v) is 6.88. The second-order valence-electron chi connectivity index (χ2n) is 6.88. The molecule has 0 aromatic carbocycles. The predicted octanol–water partition coefficient (Wildman–Crippen LogP) is 2.53. The third-order valence-corrected chi connectivity index (χ3v) is 3.68. The van der Waals surface area contributed by atoms with Gasteiger partial charge in [-0.3, -0.25) is 0 Å². The van der Waals surface area contributed by atoms with Crippen LogP contribution >= 0.6 is 0 Å². The fraction of sp³-hybridized carbons (Fsp3) is 0.846. The Balaban J connectivity index is 2.00. The van der Waals surface area contributed by atoms with E-state index in [4.69, 9.17) is 4.52 Å². The number of aliphatic hydroxyl groups is 1. The van der Waals surface area contributed by atoms with Crippen LogP contribution in [0.1, 0.15) is 58.7 Å². The monoisotopic (exact) mass is 238 g/mol. The average molecular weight is 238 g/mol. The maximum Gasteiger partial charge on any atom is 0.229 e. The molecule has 96 valence electrons. The third-order valence-electron chi connectivity index (χ3n) is 3.68. The van der Waals surface area contributed by atoms with E-state index in [1.807, 2.05) is 20.8 Å². The minimum absolute atomic E-state index is 0.159. The lowest BCUT2D eigenvalue weighted by Gasteiger charge is -2.24. The highest BCUT2D eigenvalue weighted by molar-refractivity contribution is 5.14. The first kappa shape index (κ1) is 12.6. The van der Waals surface area contributed by atoms with Crippen LogP contribution < -0.4 is 0 Å². The fourth-order valence-electron chi connectivity index (χ4n) is 1.87. The number of rotatable bonds is 3. The van der Waals surface area contributed by atoms with E-state index in [1.54, 1.807) is 0 Å². The molecule has 4 heteroatoms. The molecule has 1 aromatic rings. The maximum atomic E-state index is 9.98. The van der Waals surface area contributed by atoms with E-state index >= 15 is 0 Å². The van der Waals surface area contributed by atoms with Gasteiger partial charge in [-0.1, -0.05) is 39.8 Å². The summed E-state index contributed by atoms with van der Waals surface area (Å²) in [5, 5.41) is 14.0. The molecule has 4 nitrogen and oxygen atoms in total. The fourth-order valence-corrected chi connectivity index (χ4v) is 1.87. The lowest BCUT2D eigenvalue weighted by Crippen LogP contribution is -2.28. The topological polar surface area (TPSA) is 59.2 Å². The molecular weight excluding hydrogens is 216 g/mol. The van der Waals surface area contributed by atoms with Crippen LogP contribution in [0.5, 0.6) is 0 Å². The summed E-state index contributed by atoms with van der Waals surface area (Å²) in [5.41, 5.74) is 0.150. The van der Waals surface area contributed by atoms with Gasteiger partial charge in [0.1, 0.15) is 0 Å². The first-order chi connectivity index (χ1) is 7.70. The molecule has 1 aliphatic carbocycles. The van der Waals surface area contributed by atoms with Crippen molar-refractivity contribution >= 4 is 0 Å². The lowest BCUT2D eigenvalue weighted by atomic mass is 9.87. The molecule has 0 amide bonds. The molecular formula is C13H22N2O2. The quantitative estimate of drug-likeness (QED) is 0.879. The minimum atomic E-state index is -0.456. The predicted molar refractivity (Wildman–Crippen MR) is 64.6 cm³/mol. The molecule has 1 aliphatic rings. The zero-order valence-electron chi connectivity index (χ0n) is 11.3. The zero-order chi connectivity index (χ0) is 12.8. The summed E-state index contributed by atoms with van der Waals surface area (Å²) in [4.78, 5) is 4.38. The van der Waals surface area contributed by atoms with Crippen molar-refractivity contribution < 1.29 is 9.63 Å². The Morgan fingerprint density at radius 1 is 1.47 bits per heavy atom. The molecule has 0 spiro atoms. The lowest BCUT2D eigenvalue weighted by molar-refractivity contribution is 0.0565. The van der Waals surface area contributed by atoms with Gasteiger partial charge < -0.3 is 9.63 Å². The van der Waals surface area contributed by atoms with E-state index in [9.17, 15) is 5.11 Å². The van der Waals surface area contributed by atoms with E-state index in [0.29, 0.717) is 23.6 Å². The molecule has 1 saturated carbocycles. The van der Waals surface area contributed by atoms with E-state index in [0.717, 1.165) is 12.2 Å². The van der Waals surface area contributed by atoms with Gasteiger partial charge in [0, 0.05) is 5.92 Å². The van der Waals surface area contributed by atoms with Gasteiger partial charge in [-0.15, -0.1) is 0 Å². The summed E-state index contributed by atoms with van der Waals surface area (Å²) in [6.45, 7) is 10.4. The summed E-state index contributed by atoms with van der Waals surface area (Å²) in [5.74, 6) is 1.77. The van der Waals surface area contributed by atoms with E-state index in [-0.39, 0.29) is 5.41 Å². The second kappa shape index (κ2) is 3.80. The van der Waals surface area contributed by atoms with Gasteiger partial charge in [0.25, 0.3) is 0 Å². The SMILES string of the molecule is CC(C)(C)C(O)Cc1nc(C2CC2(C)C)no1. The van der Waals surface area contributed by atoms with Crippen molar-refractivity contribution in [2.45, 2.75) is 59.5 Å². The molecule has 0 saturated heterocycles. The van der Waals surface area contributed by atoms with Crippen LogP contribution in [0.3, 0.4) is 0 Å². The summed E-state index contributed by atoms with van der Waals surface area (Å²) in [6, 6.07) is 0. The van der Waals surface area contributed by atoms with Gasteiger partial charge in [0.15, 0.2) is 5.82 Å². The summed E-state index contributed by atoms with van der Waals surface area (Å²) >= 11 is 0. The van der Waals surface area contributed by atoms with Gasteiger partial charge >= 0.3 is 0 Å². The van der Waals surface area contributed by atoms with Crippen molar-refractivity contribution in [3.05, 3.63) is 11.7 Å². The molecule has 1 N–H and O–H groups in total. The van der Waals surface area contributed by atoms with Gasteiger partial charge in [0.2, 0.25) is 5.89 Å². The molecule has 2 atom stereocenters. The normalized spacial score (nSPS) is 24.7. The number of aliphatic hydroxyl groups excluding tert-OH is 1. The van der Waals surface area contributed by atoms with Crippen molar-refractivity contribution in [3.8, 4) is 0 Å². The number of hydrogen-bond acceptors (Lipinski definition) is 4. The molecule has 0 radical (unpaired) electrons. The van der Waals surface area contributed by atoms with Gasteiger partial charge in [-0.2, -0.15) is 4.98 Å². The molecule has 0 bridgehead atoms. The molecule has 2 unspecified atom stereocenters. The maximum absolute atomic E-state index is 9.98. The van der Waals surface area contributed by atoms with Crippen LogP contribution in [-0.2, 0) is 6.42 Å². The molecule has 1 heterocycles. The Hall–Kier alpha value is -0.900. The van der Waals surface area contributed by atoms with Crippen LogP contribution in [0.4, 0.5) is 0 Å². The molecule has 1 fully saturated rings. The van der Waals surface area contributed by atoms with Crippen LogP contribution in [0, 0.1) is 10.8 Å². The van der Waals surface area contributed by atoms with Crippen LogP contribution in [-0.4, -0.2) is 21.4 Å². The first-order valence-electron chi connectivity index (χ1n) is 6.21. The van der Waals surface area contributed by atoms with Crippen molar-refractivity contribution in [1.82, 2.24) is 10.1 Å². The smallest absolute Gasteiger partial charge is 0.229 e. The Labute approximate surface area is 102 Å². The standard InChI is InChI=1S/C13H22N2O2/c1-12(2,3)9(16)6-10-14-11(15-17-10)8-7-13(8,4)5/h8-9,16H,6-7H2,1-5H3. The van der Waals surface area contributed by atoms with Crippen LogP contribution in [0.2, 0.25) is 0 Å². The Morgan fingerprint density at radius 3 is 2.53 bits per heavy atom. The molecule has 2 rings (SSSR count). The van der Waals surface area contributed by atoms with Gasteiger partial charge in [0.05, 0.1) is 12.5 Å². The first-order valence-corrected chi connectivity index (χ1v) is 6.21. The zero-order valence-corrected chi connectivity index (χ0v) is 11.3. The van der Waals surface area contributed by atoms with Crippen molar-refractivity contribution in [2.24, 2.45) is 10.8 Å².